The summed E-state index contributed by atoms with van der Waals surface area (Å²) >= 11 is 14.3. The van der Waals surface area contributed by atoms with Gasteiger partial charge in [-0.25, -0.2) is 4.68 Å². The summed E-state index contributed by atoms with van der Waals surface area (Å²) in [4.78, 5) is 19.9. The molecule has 9 heteroatoms. The lowest BCUT2D eigenvalue weighted by atomic mass is 9.96. The van der Waals surface area contributed by atoms with Gasteiger partial charge in [0, 0.05) is 57.2 Å². The van der Waals surface area contributed by atoms with Crippen LogP contribution < -0.4 is 5.56 Å². The first kappa shape index (κ1) is 24.4. The largest absolute Gasteiger partial charge is 0.303 e. The number of thioether (sulfide) groups is 1. The van der Waals surface area contributed by atoms with E-state index in [4.69, 9.17) is 28.2 Å². The highest BCUT2D eigenvalue weighted by Gasteiger charge is 2.54. The molecule has 3 aliphatic heterocycles. The second-order valence-electron chi connectivity index (χ2n) is 11.0. The maximum atomic E-state index is 13.7. The third-order valence-electron chi connectivity index (χ3n) is 8.39. The Morgan fingerprint density at radius 1 is 1.02 bits per heavy atom. The van der Waals surface area contributed by atoms with Crippen LogP contribution in [0.2, 0.25) is 10.2 Å². The summed E-state index contributed by atoms with van der Waals surface area (Å²) in [6.07, 6.45) is 6.44. The van der Waals surface area contributed by atoms with Crippen molar-refractivity contribution in [3.05, 3.63) is 110 Å². The Bertz CT molecular complexity index is 1890. The van der Waals surface area contributed by atoms with Crippen LogP contribution in [0.5, 0.6) is 0 Å². The van der Waals surface area contributed by atoms with Gasteiger partial charge in [0.15, 0.2) is 5.15 Å². The molecule has 2 aromatic carbocycles. The summed E-state index contributed by atoms with van der Waals surface area (Å²) in [6, 6.07) is 16.1. The molecule has 5 heterocycles. The molecule has 198 valence electrons. The van der Waals surface area contributed by atoms with Crippen molar-refractivity contribution in [3.8, 4) is 16.8 Å². The lowest BCUT2D eigenvalue weighted by Crippen LogP contribution is -2.29. The van der Waals surface area contributed by atoms with Crippen LogP contribution in [-0.4, -0.2) is 31.0 Å². The van der Waals surface area contributed by atoms with E-state index in [-0.39, 0.29) is 11.6 Å². The van der Waals surface area contributed by atoms with Gasteiger partial charge in [-0.15, -0.1) is 16.9 Å². The second kappa shape index (κ2) is 9.06. The quantitative estimate of drug-likeness (QED) is 0.239. The first-order valence-corrected chi connectivity index (χ1v) is 15.0. The predicted molar refractivity (Wildman–Crippen MR) is 161 cm³/mol. The zero-order valence-electron chi connectivity index (χ0n) is 21.3. The minimum absolute atomic E-state index is 0.00131. The van der Waals surface area contributed by atoms with Gasteiger partial charge in [-0.3, -0.25) is 9.79 Å². The SMILES string of the molecule is C=C1CSc2cc(C3=CN=C(C4C5CC5c5cc(-c6cc(Cl)ccc6-n6cc(Cl)nn6)cc(=O)n54)C3)ccc2C1. The first-order chi connectivity index (χ1) is 19.4. The summed E-state index contributed by atoms with van der Waals surface area (Å²) in [5.74, 6) is 1.75. The van der Waals surface area contributed by atoms with Crippen molar-refractivity contribution in [2.24, 2.45) is 10.9 Å². The topological polar surface area (TPSA) is 65.1 Å². The molecule has 40 heavy (non-hydrogen) atoms. The molecule has 1 saturated carbocycles. The summed E-state index contributed by atoms with van der Waals surface area (Å²) < 4.78 is 3.58. The van der Waals surface area contributed by atoms with E-state index < -0.39 is 0 Å². The van der Waals surface area contributed by atoms with Gasteiger partial charge >= 0.3 is 0 Å². The first-order valence-electron chi connectivity index (χ1n) is 13.3. The molecule has 0 spiro atoms. The fourth-order valence-corrected chi connectivity index (χ4v) is 7.77. The highest BCUT2D eigenvalue weighted by molar-refractivity contribution is 7.99. The van der Waals surface area contributed by atoms with Gasteiger partial charge < -0.3 is 4.57 Å². The van der Waals surface area contributed by atoms with E-state index in [1.165, 1.54) is 27.2 Å². The Kier molecular flexibility index (Phi) is 5.53. The molecule has 3 atom stereocenters. The number of aromatic nitrogens is 4. The van der Waals surface area contributed by atoms with E-state index >= 15 is 0 Å². The standard InChI is InChI=1S/C31H23Cl2N5OS/c1-16-6-18-3-2-17(9-28(18)40-15-16)20-7-25(34-13-20)31-24-12-23(24)27-8-19(10-30(39)38(27)31)22-11-21(32)4-5-26(22)37-14-29(33)35-36-37/h2-5,8-11,13-14,23-24,31H,1,6-7,12,15H2. The number of halogens is 2. The molecule has 0 saturated heterocycles. The molecule has 0 N–H and O–H groups in total. The lowest BCUT2D eigenvalue weighted by Gasteiger charge is -2.20. The fraction of sp³-hybridized carbons (Fsp3) is 0.226. The highest BCUT2D eigenvalue weighted by Crippen LogP contribution is 2.60. The van der Waals surface area contributed by atoms with Crippen LogP contribution in [0.15, 0.2) is 87.8 Å². The molecule has 0 amide bonds. The van der Waals surface area contributed by atoms with E-state index in [2.05, 4.69) is 41.2 Å². The highest BCUT2D eigenvalue weighted by atomic mass is 35.5. The number of benzene rings is 2. The Morgan fingerprint density at radius 3 is 2.77 bits per heavy atom. The summed E-state index contributed by atoms with van der Waals surface area (Å²) in [7, 11) is 0. The van der Waals surface area contributed by atoms with Crippen LogP contribution in [0.1, 0.15) is 41.6 Å². The van der Waals surface area contributed by atoms with Crippen LogP contribution in [0.4, 0.5) is 0 Å². The smallest absolute Gasteiger partial charge is 0.251 e. The van der Waals surface area contributed by atoms with E-state index in [9.17, 15) is 4.79 Å². The molecule has 1 fully saturated rings. The summed E-state index contributed by atoms with van der Waals surface area (Å²) in [5, 5.41) is 8.91. The normalized spacial score (nSPS) is 22.4. The van der Waals surface area contributed by atoms with Gasteiger partial charge in [0.1, 0.15) is 0 Å². The maximum absolute atomic E-state index is 13.7. The van der Waals surface area contributed by atoms with E-state index in [1.807, 2.05) is 34.7 Å². The number of pyridine rings is 1. The van der Waals surface area contributed by atoms with Crippen LogP contribution in [-0.2, 0) is 6.42 Å². The van der Waals surface area contributed by atoms with Crippen molar-refractivity contribution in [1.29, 1.82) is 0 Å². The molecule has 4 aromatic rings. The van der Waals surface area contributed by atoms with Gasteiger partial charge in [-0.1, -0.05) is 52.7 Å². The predicted octanol–water partition coefficient (Wildman–Crippen LogP) is 7.15. The van der Waals surface area contributed by atoms with E-state index in [0.717, 1.165) is 53.2 Å². The van der Waals surface area contributed by atoms with Gasteiger partial charge in [-0.05, 0) is 71.4 Å². The third kappa shape index (κ3) is 3.94. The van der Waals surface area contributed by atoms with Crippen molar-refractivity contribution in [3.63, 3.8) is 0 Å². The van der Waals surface area contributed by atoms with Crippen molar-refractivity contribution >= 4 is 46.2 Å². The van der Waals surface area contributed by atoms with Crippen molar-refractivity contribution < 1.29 is 0 Å². The summed E-state index contributed by atoms with van der Waals surface area (Å²) in [5.41, 5.74) is 9.58. The molecule has 0 radical (unpaired) electrons. The van der Waals surface area contributed by atoms with Gasteiger partial charge in [0.05, 0.1) is 17.9 Å². The molecular weight excluding hydrogens is 561 g/mol. The van der Waals surface area contributed by atoms with Crippen LogP contribution >= 0.6 is 35.0 Å². The Labute approximate surface area is 245 Å². The van der Waals surface area contributed by atoms with Crippen LogP contribution in [0, 0.1) is 5.92 Å². The molecule has 1 aliphatic carbocycles. The second-order valence-corrected chi connectivity index (χ2v) is 12.8. The van der Waals surface area contributed by atoms with Crippen LogP contribution in [0.3, 0.4) is 0 Å². The zero-order valence-corrected chi connectivity index (χ0v) is 23.7. The van der Waals surface area contributed by atoms with Crippen molar-refractivity contribution in [1.82, 2.24) is 19.6 Å². The third-order valence-corrected chi connectivity index (χ3v) is 10.0. The van der Waals surface area contributed by atoms with Crippen molar-refractivity contribution in [2.75, 3.05) is 5.75 Å². The average Bonchev–Trinajstić information content (AvgIpc) is 3.23. The number of rotatable bonds is 4. The monoisotopic (exact) mass is 583 g/mol. The van der Waals surface area contributed by atoms with Gasteiger partial charge in [-0.2, -0.15) is 0 Å². The molecular formula is C31H23Cl2N5OS. The number of hydrogen-bond acceptors (Lipinski definition) is 5. The molecule has 0 bridgehead atoms. The van der Waals surface area contributed by atoms with Gasteiger partial charge in [0.25, 0.3) is 5.56 Å². The van der Waals surface area contributed by atoms with Gasteiger partial charge in [0.2, 0.25) is 0 Å². The Morgan fingerprint density at radius 2 is 1.93 bits per heavy atom. The number of nitrogens with zero attached hydrogens (tertiary/aromatic N) is 5. The lowest BCUT2D eigenvalue weighted by molar-refractivity contribution is 0.584. The van der Waals surface area contributed by atoms with E-state index in [0.29, 0.717) is 22.0 Å². The van der Waals surface area contributed by atoms with Crippen molar-refractivity contribution in [2.45, 2.75) is 36.1 Å². The number of fused-ring (bicyclic) bond motifs is 4. The Hall–Kier alpha value is -3.39. The number of allylic oxidation sites excluding steroid dienone is 1. The fourth-order valence-electron chi connectivity index (χ4n) is 6.47. The van der Waals surface area contributed by atoms with Crippen LogP contribution in [0.25, 0.3) is 22.4 Å². The Balaban J connectivity index is 1.11. The molecule has 6 nitrogen and oxygen atoms in total. The molecule has 2 aromatic heterocycles. The number of aliphatic imine (C=N–C) groups is 1. The average molecular weight is 585 g/mol. The maximum Gasteiger partial charge on any atom is 0.251 e. The zero-order chi connectivity index (χ0) is 27.1. The minimum atomic E-state index is -0.0196. The van der Waals surface area contributed by atoms with E-state index in [1.54, 1.807) is 23.0 Å². The molecule has 8 rings (SSSR count). The molecule has 3 unspecified atom stereocenters. The summed E-state index contributed by atoms with van der Waals surface area (Å²) in [6.45, 7) is 4.15. The molecule has 4 aliphatic rings. The number of hydrogen-bond donors (Lipinski definition) is 0. The minimum Gasteiger partial charge on any atom is -0.303 e.